The van der Waals surface area contributed by atoms with Crippen LogP contribution in [0.3, 0.4) is 0 Å². The predicted octanol–water partition coefficient (Wildman–Crippen LogP) is 1.03. The number of carbonyl (C=O) groups is 4. The zero-order valence-electron chi connectivity index (χ0n) is 16.0. The summed E-state index contributed by atoms with van der Waals surface area (Å²) in [5.41, 5.74) is 0.197. The second kappa shape index (κ2) is 11.0. The van der Waals surface area contributed by atoms with Crippen LogP contribution in [0, 0.1) is 11.7 Å². The molecule has 0 aromatic heterocycles. The molecule has 0 aliphatic rings. The summed E-state index contributed by atoms with van der Waals surface area (Å²) in [6, 6.07) is 3.22. The fraction of sp³-hybridized carbons (Fsp3) is 0.474. The lowest BCUT2D eigenvalue weighted by Gasteiger charge is -2.22. The van der Waals surface area contributed by atoms with E-state index in [-0.39, 0.29) is 25.0 Å². The Hall–Kier alpha value is -2.97. The van der Waals surface area contributed by atoms with E-state index in [0.717, 1.165) is 0 Å². The summed E-state index contributed by atoms with van der Waals surface area (Å²) in [6.45, 7) is 4.46. The van der Waals surface area contributed by atoms with E-state index >= 15 is 0 Å². The topological polar surface area (TPSA) is 122 Å². The van der Waals surface area contributed by atoms with Crippen LogP contribution in [-0.2, 0) is 30.3 Å². The summed E-state index contributed by atoms with van der Waals surface area (Å²) in [5, 5.41) is 14.1. The predicted molar refractivity (Wildman–Crippen MR) is 97.7 cm³/mol. The monoisotopic (exact) mass is 396 g/mol. The maximum Gasteiger partial charge on any atom is 0.326 e. The molecule has 0 heterocycles. The summed E-state index contributed by atoms with van der Waals surface area (Å²) in [4.78, 5) is 47.2. The van der Waals surface area contributed by atoms with Gasteiger partial charge in [-0.05, 0) is 25.0 Å². The van der Waals surface area contributed by atoms with Gasteiger partial charge < -0.3 is 20.5 Å². The molecule has 0 unspecified atom stereocenters. The molecule has 0 saturated heterocycles. The molecule has 0 radical (unpaired) electrons. The Labute approximate surface area is 162 Å². The van der Waals surface area contributed by atoms with Gasteiger partial charge in [0.1, 0.15) is 17.9 Å². The molecule has 9 heteroatoms. The minimum atomic E-state index is -1.37. The molecule has 1 rings (SSSR count). The van der Waals surface area contributed by atoms with Crippen molar-refractivity contribution in [3.63, 3.8) is 0 Å². The average molecular weight is 396 g/mol. The molecule has 0 aliphatic carbocycles. The van der Waals surface area contributed by atoms with Crippen LogP contribution in [0.4, 0.5) is 4.39 Å². The van der Waals surface area contributed by atoms with E-state index in [0.29, 0.717) is 0 Å². The van der Waals surface area contributed by atoms with Crippen LogP contribution in [0.5, 0.6) is 0 Å². The molecule has 3 N–H and O–H groups in total. The van der Waals surface area contributed by atoms with E-state index < -0.39 is 47.6 Å². The Morgan fingerprint density at radius 3 is 2.32 bits per heavy atom. The Kier molecular flexibility index (Phi) is 9.07. The van der Waals surface area contributed by atoms with Gasteiger partial charge in [-0.2, -0.15) is 0 Å². The number of amides is 2. The number of esters is 1. The maximum atomic E-state index is 13.9. The number of aliphatic carboxylic acids is 1. The van der Waals surface area contributed by atoms with Crippen LogP contribution in [-0.4, -0.2) is 47.6 Å². The first kappa shape index (κ1) is 23.1. The Bertz CT molecular complexity index is 724. The lowest BCUT2D eigenvalue weighted by molar-refractivity contribution is -0.149. The molecular formula is C19H25FN2O6. The highest BCUT2D eigenvalue weighted by Crippen LogP contribution is 2.12. The van der Waals surface area contributed by atoms with Gasteiger partial charge in [0.05, 0.1) is 12.5 Å². The van der Waals surface area contributed by atoms with Crippen LogP contribution in [0.2, 0.25) is 0 Å². The quantitative estimate of drug-likeness (QED) is 0.508. The van der Waals surface area contributed by atoms with E-state index in [1.165, 1.54) is 32.0 Å². The van der Waals surface area contributed by atoms with Crippen molar-refractivity contribution in [3.05, 3.63) is 35.6 Å². The molecular weight excluding hydrogens is 371 g/mol. The van der Waals surface area contributed by atoms with E-state index in [2.05, 4.69) is 10.6 Å². The van der Waals surface area contributed by atoms with Gasteiger partial charge in [-0.25, -0.2) is 9.18 Å². The highest BCUT2D eigenvalue weighted by molar-refractivity contribution is 5.90. The Morgan fingerprint density at radius 2 is 1.79 bits per heavy atom. The van der Waals surface area contributed by atoms with Gasteiger partial charge in [0.15, 0.2) is 0 Å². The van der Waals surface area contributed by atoms with Crippen LogP contribution in [0.1, 0.15) is 32.8 Å². The minimum Gasteiger partial charge on any atom is -0.480 e. The summed E-state index contributed by atoms with van der Waals surface area (Å²) < 4.78 is 18.7. The van der Waals surface area contributed by atoms with Crippen molar-refractivity contribution >= 4 is 23.8 Å². The summed E-state index contributed by atoms with van der Waals surface area (Å²) in [5.74, 6) is -4.53. The van der Waals surface area contributed by atoms with E-state index in [1.54, 1.807) is 13.0 Å². The molecule has 0 fully saturated rings. The maximum absolute atomic E-state index is 13.9. The van der Waals surface area contributed by atoms with Gasteiger partial charge in [0.25, 0.3) is 0 Å². The van der Waals surface area contributed by atoms with Crippen molar-refractivity contribution in [1.82, 2.24) is 10.6 Å². The number of ether oxygens (including phenoxy) is 1. The highest BCUT2D eigenvalue weighted by atomic mass is 19.1. The van der Waals surface area contributed by atoms with Crippen LogP contribution in [0.25, 0.3) is 0 Å². The first-order valence-electron chi connectivity index (χ1n) is 8.86. The molecule has 0 bridgehead atoms. The van der Waals surface area contributed by atoms with Crippen molar-refractivity contribution in [3.8, 4) is 0 Å². The largest absolute Gasteiger partial charge is 0.480 e. The van der Waals surface area contributed by atoms with Gasteiger partial charge in [0, 0.05) is 13.3 Å². The standard InChI is InChI=1S/C19H25FN2O6/c1-4-28-19(27)11(2)9-16(18(25)26)22-17(24)15(21-12(3)23)10-13-7-5-6-8-14(13)20/h5-8,11,15-16H,4,9-10H2,1-3H3,(H,21,23)(H,22,24)(H,25,26)/t11-,15+,16-/m0/s1. The van der Waals surface area contributed by atoms with Gasteiger partial charge in [-0.1, -0.05) is 25.1 Å². The highest BCUT2D eigenvalue weighted by Gasteiger charge is 2.30. The first-order chi connectivity index (χ1) is 13.1. The van der Waals surface area contributed by atoms with Crippen LogP contribution in [0.15, 0.2) is 24.3 Å². The fourth-order valence-corrected chi connectivity index (χ4v) is 2.57. The molecule has 0 saturated carbocycles. The molecule has 154 valence electrons. The van der Waals surface area contributed by atoms with Gasteiger partial charge in [-0.3, -0.25) is 14.4 Å². The third-order valence-corrected chi connectivity index (χ3v) is 3.97. The SMILES string of the molecule is CCOC(=O)[C@@H](C)C[C@H](NC(=O)[C@@H](Cc1ccccc1F)NC(C)=O)C(=O)O. The van der Waals surface area contributed by atoms with Gasteiger partial charge in [-0.15, -0.1) is 0 Å². The Balaban J connectivity index is 2.90. The second-order valence-corrected chi connectivity index (χ2v) is 6.34. The number of halogens is 1. The number of hydrogen-bond donors (Lipinski definition) is 3. The van der Waals surface area contributed by atoms with E-state index in [1.807, 2.05) is 0 Å². The fourth-order valence-electron chi connectivity index (χ4n) is 2.57. The number of carboxylic acid groups (broad SMARTS) is 1. The van der Waals surface area contributed by atoms with Crippen molar-refractivity contribution in [2.75, 3.05) is 6.61 Å². The third kappa shape index (κ3) is 7.34. The Morgan fingerprint density at radius 1 is 1.14 bits per heavy atom. The second-order valence-electron chi connectivity index (χ2n) is 6.34. The number of carbonyl (C=O) groups excluding carboxylic acids is 3. The molecule has 0 aliphatic heterocycles. The number of carboxylic acids is 1. The number of hydrogen-bond acceptors (Lipinski definition) is 5. The molecule has 28 heavy (non-hydrogen) atoms. The zero-order valence-corrected chi connectivity index (χ0v) is 16.0. The normalized spacial score (nSPS) is 13.7. The summed E-state index contributed by atoms with van der Waals surface area (Å²) in [6.07, 6.45) is -0.343. The van der Waals surface area contributed by atoms with E-state index in [4.69, 9.17) is 4.74 Å². The number of nitrogens with one attached hydrogen (secondary N) is 2. The summed E-state index contributed by atoms with van der Waals surface area (Å²) >= 11 is 0. The van der Waals surface area contributed by atoms with Crippen LogP contribution < -0.4 is 10.6 Å². The lowest BCUT2D eigenvalue weighted by atomic mass is 10.00. The van der Waals surface area contributed by atoms with Crippen molar-refractivity contribution < 1.29 is 33.4 Å². The van der Waals surface area contributed by atoms with Crippen LogP contribution >= 0.6 is 0 Å². The molecule has 0 spiro atoms. The zero-order chi connectivity index (χ0) is 21.3. The van der Waals surface area contributed by atoms with Crippen molar-refractivity contribution in [1.29, 1.82) is 0 Å². The lowest BCUT2D eigenvalue weighted by Crippen LogP contribution is -2.52. The smallest absolute Gasteiger partial charge is 0.326 e. The number of rotatable bonds is 10. The molecule has 8 nitrogen and oxygen atoms in total. The number of benzene rings is 1. The third-order valence-electron chi connectivity index (χ3n) is 3.97. The van der Waals surface area contributed by atoms with Crippen molar-refractivity contribution in [2.45, 2.75) is 45.7 Å². The minimum absolute atomic E-state index is 0.153. The molecule has 1 aromatic rings. The molecule has 3 atom stereocenters. The van der Waals surface area contributed by atoms with E-state index in [9.17, 15) is 28.7 Å². The summed E-state index contributed by atoms with van der Waals surface area (Å²) in [7, 11) is 0. The van der Waals surface area contributed by atoms with Crippen molar-refractivity contribution in [2.24, 2.45) is 5.92 Å². The first-order valence-corrected chi connectivity index (χ1v) is 8.86. The average Bonchev–Trinajstić information content (AvgIpc) is 2.61. The van der Waals surface area contributed by atoms with Gasteiger partial charge in [0.2, 0.25) is 11.8 Å². The molecule has 2 amide bonds. The molecule has 1 aromatic carbocycles. The van der Waals surface area contributed by atoms with Gasteiger partial charge >= 0.3 is 11.9 Å².